The van der Waals surface area contributed by atoms with E-state index >= 15 is 0 Å². The molecule has 0 unspecified atom stereocenters. The lowest BCUT2D eigenvalue weighted by molar-refractivity contribution is -0.131. The Bertz CT molecular complexity index is 538. The zero-order valence-electron chi connectivity index (χ0n) is 11.5. The normalized spacial score (nSPS) is 38.7. The highest BCUT2D eigenvalue weighted by Crippen LogP contribution is 2.61. The van der Waals surface area contributed by atoms with Gasteiger partial charge in [0, 0.05) is 11.6 Å². The van der Waals surface area contributed by atoms with Crippen molar-refractivity contribution in [3.8, 4) is 0 Å². The van der Waals surface area contributed by atoms with Crippen LogP contribution in [0.3, 0.4) is 0 Å². The van der Waals surface area contributed by atoms with Crippen LogP contribution in [0.25, 0.3) is 6.08 Å². The molecule has 20 heavy (non-hydrogen) atoms. The van der Waals surface area contributed by atoms with Crippen molar-refractivity contribution < 1.29 is 9.90 Å². The van der Waals surface area contributed by atoms with Crippen molar-refractivity contribution in [3.63, 3.8) is 0 Å². The molecule has 0 aromatic carbocycles. The summed E-state index contributed by atoms with van der Waals surface area (Å²) in [4.78, 5) is 10.7. The van der Waals surface area contributed by atoms with Gasteiger partial charge in [0.15, 0.2) is 0 Å². The second kappa shape index (κ2) is 4.21. The predicted octanol–water partition coefficient (Wildman–Crippen LogP) is 2.98. The van der Waals surface area contributed by atoms with E-state index in [4.69, 9.17) is 5.11 Å². The predicted molar refractivity (Wildman–Crippen MR) is 75.1 cm³/mol. The number of aromatic nitrogens is 2. The highest BCUT2D eigenvalue weighted by atomic mass is 16.4. The van der Waals surface area contributed by atoms with Crippen LogP contribution in [0.5, 0.6) is 0 Å². The van der Waals surface area contributed by atoms with Gasteiger partial charge in [-0.25, -0.2) is 4.79 Å². The Morgan fingerprint density at radius 1 is 1.25 bits per heavy atom. The average molecular weight is 272 g/mol. The van der Waals surface area contributed by atoms with E-state index in [0.717, 1.165) is 23.4 Å². The van der Waals surface area contributed by atoms with Gasteiger partial charge in [-0.3, -0.25) is 5.10 Å². The topological polar surface area (TPSA) is 66.0 Å². The van der Waals surface area contributed by atoms with Crippen molar-refractivity contribution in [3.05, 3.63) is 23.5 Å². The number of aromatic amines is 1. The molecule has 0 atom stereocenters. The summed E-state index contributed by atoms with van der Waals surface area (Å²) in [5, 5.41) is 16.0. The van der Waals surface area contributed by atoms with Gasteiger partial charge < -0.3 is 5.11 Å². The number of hydrogen-bond acceptors (Lipinski definition) is 2. The number of rotatable bonds is 3. The maximum atomic E-state index is 10.7. The van der Waals surface area contributed by atoms with E-state index < -0.39 is 5.97 Å². The van der Waals surface area contributed by atoms with E-state index in [0.29, 0.717) is 0 Å². The number of carboxylic acid groups (broad SMARTS) is 1. The zero-order valence-corrected chi connectivity index (χ0v) is 11.5. The highest BCUT2D eigenvalue weighted by molar-refractivity contribution is 5.85. The molecule has 0 saturated heterocycles. The average Bonchev–Trinajstić information content (AvgIpc) is 2.83. The van der Waals surface area contributed by atoms with Crippen LogP contribution in [0, 0.1) is 17.8 Å². The van der Waals surface area contributed by atoms with Crippen LogP contribution in [-0.2, 0) is 10.2 Å². The molecule has 0 radical (unpaired) electrons. The summed E-state index contributed by atoms with van der Waals surface area (Å²) >= 11 is 0. The Labute approximate surface area is 118 Å². The van der Waals surface area contributed by atoms with Gasteiger partial charge in [-0.2, -0.15) is 5.10 Å². The third kappa shape index (κ3) is 1.81. The first-order valence-corrected chi connectivity index (χ1v) is 7.59. The fraction of sp³-hybridized carbons (Fsp3) is 0.625. The fourth-order valence-electron chi connectivity index (χ4n) is 5.44. The molecule has 0 spiro atoms. The van der Waals surface area contributed by atoms with Crippen molar-refractivity contribution in [2.75, 3.05) is 0 Å². The quantitative estimate of drug-likeness (QED) is 0.831. The standard InChI is InChI=1S/C16H20N2O2/c19-15(20)2-1-14-13(9-17-18-14)16-6-10-3-11(7-16)5-12(4-10)8-16/h1-2,9-12H,3-8H2,(H,17,18)(H,19,20)/b2-1+. The molecule has 4 nitrogen and oxygen atoms in total. The summed E-state index contributed by atoms with van der Waals surface area (Å²) < 4.78 is 0. The molecule has 4 aliphatic carbocycles. The van der Waals surface area contributed by atoms with Crippen LogP contribution in [0.15, 0.2) is 12.3 Å². The van der Waals surface area contributed by atoms with Crippen LogP contribution in [0.1, 0.15) is 49.8 Å². The van der Waals surface area contributed by atoms with Gasteiger partial charge in [0.25, 0.3) is 0 Å². The minimum Gasteiger partial charge on any atom is -0.478 e. The Morgan fingerprint density at radius 3 is 2.40 bits per heavy atom. The third-order valence-corrected chi connectivity index (χ3v) is 5.67. The van der Waals surface area contributed by atoms with E-state index in [-0.39, 0.29) is 5.41 Å². The van der Waals surface area contributed by atoms with Crippen LogP contribution in [-0.4, -0.2) is 21.3 Å². The van der Waals surface area contributed by atoms with Crippen molar-refractivity contribution in [1.29, 1.82) is 0 Å². The lowest BCUT2D eigenvalue weighted by Crippen LogP contribution is -2.48. The molecule has 0 aliphatic heterocycles. The van der Waals surface area contributed by atoms with Crippen molar-refractivity contribution in [2.24, 2.45) is 17.8 Å². The van der Waals surface area contributed by atoms with Gasteiger partial charge in [0.2, 0.25) is 0 Å². The molecule has 5 rings (SSSR count). The van der Waals surface area contributed by atoms with E-state index in [9.17, 15) is 4.79 Å². The van der Waals surface area contributed by atoms with Crippen LogP contribution < -0.4 is 0 Å². The summed E-state index contributed by atoms with van der Waals surface area (Å²) in [7, 11) is 0. The summed E-state index contributed by atoms with van der Waals surface area (Å²) in [5.74, 6) is 1.74. The van der Waals surface area contributed by atoms with E-state index in [1.807, 2.05) is 6.20 Å². The Morgan fingerprint density at radius 2 is 1.85 bits per heavy atom. The monoisotopic (exact) mass is 272 g/mol. The zero-order chi connectivity index (χ0) is 13.7. The lowest BCUT2D eigenvalue weighted by atomic mass is 9.48. The number of H-pyrrole nitrogens is 1. The maximum Gasteiger partial charge on any atom is 0.328 e. The van der Waals surface area contributed by atoms with E-state index in [2.05, 4.69) is 10.2 Å². The van der Waals surface area contributed by atoms with Crippen molar-refractivity contribution in [1.82, 2.24) is 10.2 Å². The van der Waals surface area contributed by atoms with Gasteiger partial charge in [-0.05, 0) is 67.8 Å². The molecule has 4 bridgehead atoms. The maximum absolute atomic E-state index is 10.7. The summed E-state index contributed by atoms with van der Waals surface area (Å²) in [6.07, 6.45) is 12.9. The number of nitrogens with one attached hydrogen (secondary N) is 1. The molecule has 1 aromatic heterocycles. The lowest BCUT2D eigenvalue weighted by Gasteiger charge is -2.56. The molecule has 1 heterocycles. The second-order valence-corrected chi connectivity index (χ2v) is 7.07. The SMILES string of the molecule is O=C(O)/C=C/c1[nH]ncc1C12CC3CC(CC(C3)C1)C2. The molecule has 4 fully saturated rings. The van der Waals surface area contributed by atoms with Gasteiger partial charge in [0.05, 0.1) is 11.9 Å². The van der Waals surface area contributed by atoms with Crippen molar-refractivity contribution in [2.45, 2.75) is 43.9 Å². The fourth-order valence-corrected chi connectivity index (χ4v) is 5.44. The summed E-state index contributed by atoms with van der Waals surface area (Å²) in [6, 6.07) is 0. The second-order valence-electron chi connectivity index (χ2n) is 7.07. The molecule has 106 valence electrons. The number of nitrogens with zero attached hydrogens (tertiary/aromatic N) is 1. The largest absolute Gasteiger partial charge is 0.478 e. The Hall–Kier alpha value is -1.58. The Kier molecular flexibility index (Phi) is 2.56. The van der Waals surface area contributed by atoms with Gasteiger partial charge in [-0.1, -0.05) is 0 Å². The van der Waals surface area contributed by atoms with Crippen LogP contribution in [0.2, 0.25) is 0 Å². The van der Waals surface area contributed by atoms with E-state index in [1.54, 1.807) is 6.08 Å². The molecular formula is C16H20N2O2. The number of carboxylic acids is 1. The number of hydrogen-bond donors (Lipinski definition) is 2. The van der Waals surface area contributed by atoms with Gasteiger partial charge >= 0.3 is 5.97 Å². The van der Waals surface area contributed by atoms with Gasteiger partial charge in [0.1, 0.15) is 0 Å². The minimum atomic E-state index is -0.906. The molecule has 4 saturated carbocycles. The molecule has 1 aromatic rings. The molecule has 4 aliphatic rings. The molecule has 2 N–H and O–H groups in total. The van der Waals surface area contributed by atoms with Crippen LogP contribution >= 0.6 is 0 Å². The summed E-state index contributed by atoms with van der Waals surface area (Å²) in [5.41, 5.74) is 2.42. The highest BCUT2D eigenvalue weighted by Gasteiger charge is 2.52. The minimum absolute atomic E-state index is 0.264. The number of aliphatic carboxylic acids is 1. The third-order valence-electron chi connectivity index (χ3n) is 5.67. The van der Waals surface area contributed by atoms with Crippen molar-refractivity contribution >= 4 is 12.0 Å². The number of carbonyl (C=O) groups is 1. The first-order valence-electron chi connectivity index (χ1n) is 7.59. The van der Waals surface area contributed by atoms with Crippen LogP contribution in [0.4, 0.5) is 0 Å². The first kappa shape index (κ1) is 12.2. The molecule has 4 heteroatoms. The summed E-state index contributed by atoms with van der Waals surface area (Å²) in [6.45, 7) is 0. The van der Waals surface area contributed by atoms with E-state index in [1.165, 1.54) is 50.2 Å². The molecule has 0 amide bonds. The Balaban J connectivity index is 1.71. The smallest absolute Gasteiger partial charge is 0.328 e. The first-order chi connectivity index (χ1) is 9.64. The molecular weight excluding hydrogens is 252 g/mol. The van der Waals surface area contributed by atoms with Gasteiger partial charge in [-0.15, -0.1) is 0 Å².